The van der Waals surface area contributed by atoms with Gasteiger partial charge in [0.2, 0.25) is 5.75 Å². The molecule has 15 heteroatoms. The van der Waals surface area contributed by atoms with Crippen molar-refractivity contribution in [2.75, 3.05) is 6.61 Å². The third-order valence-corrected chi connectivity index (χ3v) is 6.78. The number of carboxylic acid groups (broad SMARTS) is 1. The van der Waals surface area contributed by atoms with Crippen molar-refractivity contribution in [3.8, 4) is 11.5 Å². The molecule has 1 aliphatic heterocycles. The van der Waals surface area contributed by atoms with Crippen molar-refractivity contribution < 1.29 is 42.7 Å². The number of carboxylic acids is 1. The van der Waals surface area contributed by atoms with Crippen molar-refractivity contribution in [3.05, 3.63) is 69.5 Å². The summed E-state index contributed by atoms with van der Waals surface area (Å²) in [6.45, 7) is 0.913. The maximum absolute atomic E-state index is 15.9. The van der Waals surface area contributed by atoms with E-state index in [1.807, 2.05) is 4.98 Å². The number of aliphatic carboxylic acids is 1. The summed E-state index contributed by atoms with van der Waals surface area (Å²) in [7, 11) is -2.89. The highest BCUT2D eigenvalue weighted by atomic mass is 31.1. The molecule has 0 aliphatic carbocycles. The Balaban J connectivity index is 1.67. The SMILES string of the molecule is C[C@H](N=[P+]([O-])Oc1ccc2ccccc2c1OC[C@@]1(F)O[C@@H](n2ccc(=O)[nH]c2=O)[C@](C)(F)[C@@H]1O)C(=O)O. The molecule has 0 amide bonds. The van der Waals surface area contributed by atoms with Gasteiger partial charge in [0.1, 0.15) is 0 Å². The topological polar surface area (TPSA) is 175 Å². The number of nitrogens with one attached hydrogen (secondary N) is 1. The molecular weight excluding hydrogens is 531 g/mol. The molecule has 2 heterocycles. The van der Waals surface area contributed by atoms with Crippen LogP contribution in [0.15, 0.2) is 63.0 Å². The predicted octanol–water partition coefficient (Wildman–Crippen LogP) is 1.76. The van der Waals surface area contributed by atoms with Crippen molar-refractivity contribution in [2.45, 2.75) is 43.7 Å². The second-order valence-electron chi connectivity index (χ2n) is 8.69. The van der Waals surface area contributed by atoms with E-state index in [0.29, 0.717) is 15.3 Å². The van der Waals surface area contributed by atoms with Crippen LogP contribution in [-0.2, 0) is 9.53 Å². The molecule has 4 rings (SSSR count). The number of aliphatic hydroxyl groups is 1. The Kier molecular flexibility index (Phi) is 7.35. The zero-order valence-electron chi connectivity index (χ0n) is 19.9. The lowest BCUT2D eigenvalue weighted by molar-refractivity contribution is -0.203. The monoisotopic (exact) mass is 553 g/mol. The number of halogens is 2. The van der Waals surface area contributed by atoms with E-state index in [1.165, 1.54) is 13.0 Å². The molecule has 1 fully saturated rings. The maximum Gasteiger partial charge on any atom is 0.395 e. The van der Waals surface area contributed by atoms with Crippen LogP contribution in [-0.4, -0.2) is 56.0 Å². The summed E-state index contributed by atoms with van der Waals surface area (Å²) in [6, 6.07) is 9.06. The number of hydrogen-bond acceptors (Lipinski definition) is 9. The van der Waals surface area contributed by atoms with E-state index in [-0.39, 0.29) is 11.5 Å². The molecule has 0 saturated carbocycles. The molecule has 0 radical (unpaired) electrons. The second kappa shape index (κ2) is 10.2. The lowest BCUT2D eigenvalue weighted by Gasteiger charge is -2.25. The first-order valence-corrected chi connectivity index (χ1v) is 12.2. The Morgan fingerprint density at radius 2 is 2.00 bits per heavy atom. The fraction of sp³-hybridized carbons (Fsp3) is 0.348. The van der Waals surface area contributed by atoms with E-state index in [4.69, 9.17) is 19.1 Å². The smallest absolute Gasteiger partial charge is 0.395 e. The minimum Gasteiger partial charge on any atom is -0.575 e. The highest BCUT2D eigenvalue weighted by Gasteiger charge is 2.65. The number of H-pyrrole nitrogens is 1. The van der Waals surface area contributed by atoms with Gasteiger partial charge in [-0.15, -0.1) is 0 Å². The maximum atomic E-state index is 15.9. The molecule has 0 bridgehead atoms. The van der Waals surface area contributed by atoms with Crippen molar-refractivity contribution in [1.29, 1.82) is 0 Å². The third-order valence-electron chi connectivity index (χ3n) is 5.90. The lowest BCUT2D eigenvalue weighted by atomic mass is 9.97. The fourth-order valence-corrected chi connectivity index (χ4v) is 4.63. The number of aliphatic hydroxyl groups excluding tert-OH is 1. The van der Waals surface area contributed by atoms with Crippen molar-refractivity contribution >= 4 is 24.9 Å². The average Bonchev–Trinajstić information content (AvgIpc) is 3.03. The minimum atomic E-state index is -3.19. The Labute approximate surface area is 213 Å². The fourth-order valence-electron chi connectivity index (χ4n) is 3.89. The largest absolute Gasteiger partial charge is 0.575 e. The predicted molar refractivity (Wildman–Crippen MR) is 127 cm³/mol. The van der Waals surface area contributed by atoms with Gasteiger partial charge in [0.25, 0.3) is 11.4 Å². The van der Waals surface area contributed by atoms with Gasteiger partial charge >= 0.3 is 19.8 Å². The van der Waals surface area contributed by atoms with Crippen LogP contribution < -0.4 is 25.4 Å². The van der Waals surface area contributed by atoms with Crippen LogP contribution in [0.3, 0.4) is 0 Å². The number of nitrogens with zero attached hydrogens (tertiary/aromatic N) is 2. The summed E-state index contributed by atoms with van der Waals surface area (Å²) in [5.74, 6) is -4.88. The van der Waals surface area contributed by atoms with E-state index in [2.05, 4.69) is 4.74 Å². The number of benzene rings is 2. The molecule has 3 N–H and O–H groups in total. The average molecular weight is 553 g/mol. The van der Waals surface area contributed by atoms with Crippen LogP contribution in [0.1, 0.15) is 20.1 Å². The molecule has 12 nitrogen and oxygen atoms in total. The number of fused-ring (bicyclic) bond motifs is 1. The lowest BCUT2D eigenvalue weighted by Crippen LogP contribution is -2.48. The third kappa shape index (κ3) is 5.16. The summed E-state index contributed by atoms with van der Waals surface area (Å²) in [5.41, 5.74) is -4.70. The van der Waals surface area contributed by atoms with Crippen LogP contribution in [0.4, 0.5) is 8.78 Å². The van der Waals surface area contributed by atoms with E-state index in [0.717, 1.165) is 19.2 Å². The number of aromatic amines is 1. The highest BCUT2D eigenvalue weighted by molar-refractivity contribution is 7.34. The van der Waals surface area contributed by atoms with Gasteiger partial charge in [0.05, 0.1) is 0 Å². The van der Waals surface area contributed by atoms with E-state index in [1.54, 1.807) is 30.3 Å². The zero-order valence-corrected chi connectivity index (χ0v) is 20.8. The van der Waals surface area contributed by atoms with Crippen LogP contribution in [0.25, 0.3) is 10.8 Å². The van der Waals surface area contributed by atoms with Gasteiger partial charge in [-0.05, 0) is 25.3 Å². The molecule has 1 unspecified atom stereocenters. The van der Waals surface area contributed by atoms with E-state index in [9.17, 15) is 24.4 Å². The van der Waals surface area contributed by atoms with Gasteiger partial charge in [-0.2, -0.15) is 0 Å². The molecule has 6 atom stereocenters. The number of ether oxygens (including phenoxy) is 2. The van der Waals surface area contributed by atoms with Gasteiger partial charge in [-0.1, -0.05) is 35.1 Å². The first-order valence-electron chi connectivity index (χ1n) is 11.1. The Morgan fingerprint density at radius 1 is 1.29 bits per heavy atom. The molecule has 38 heavy (non-hydrogen) atoms. The second-order valence-corrected chi connectivity index (χ2v) is 9.58. The molecule has 202 valence electrons. The van der Waals surface area contributed by atoms with Crippen molar-refractivity contribution in [1.82, 2.24) is 9.55 Å². The van der Waals surface area contributed by atoms with Gasteiger partial charge < -0.3 is 24.6 Å². The standard InChI is InChI=1S/C23H22F2N3O9P/c1-12(18(30)31)27-38(34)37-15-8-7-13-5-3-4-6-14(13)17(15)35-11-23(25)19(32)22(2,24)20(36-23)28-10-9-16(29)26-21(28)33/h3-10,12,19-20,32H,11H2,1-2H3,(H,30,31)(H,26,29,33)/t12-,19-,20+,22+,23+/m0/s1. The molecule has 3 aromatic rings. The summed E-state index contributed by atoms with van der Waals surface area (Å²) in [5, 5.41) is 20.4. The summed E-state index contributed by atoms with van der Waals surface area (Å²) in [4.78, 5) is 48.8. The molecule has 0 spiro atoms. The number of hydrogen-bond donors (Lipinski definition) is 3. The Hall–Kier alpha value is -3.71. The number of alkyl halides is 2. The normalized spacial score (nSPS) is 26.3. The molecule has 2 aromatic carbocycles. The summed E-state index contributed by atoms with van der Waals surface area (Å²) < 4.78 is 51.5. The zero-order chi connectivity index (χ0) is 27.8. The molecular formula is C23H22F2N3O9P. The van der Waals surface area contributed by atoms with Crippen LogP contribution in [0.2, 0.25) is 0 Å². The quantitative estimate of drug-likeness (QED) is 0.351. The Bertz CT molecular complexity index is 1530. The van der Waals surface area contributed by atoms with Gasteiger partial charge in [-0.3, -0.25) is 18.9 Å². The van der Waals surface area contributed by atoms with Gasteiger partial charge in [-0.25, -0.2) is 18.4 Å². The van der Waals surface area contributed by atoms with Crippen LogP contribution in [0, 0.1) is 0 Å². The summed E-state index contributed by atoms with van der Waals surface area (Å²) >= 11 is 0. The number of aromatic nitrogens is 2. The molecule has 1 aliphatic rings. The number of rotatable bonds is 8. The molecule has 1 aromatic heterocycles. The van der Waals surface area contributed by atoms with Gasteiger partial charge in [0, 0.05) is 17.6 Å². The number of carbonyl (C=O) groups is 1. The van der Waals surface area contributed by atoms with Gasteiger partial charge in [0.15, 0.2) is 36.4 Å². The first kappa shape index (κ1) is 27.3. The van der Waals surface area contributed by atoms with E-state index >= 15 is 8.78 Å². The minimum absolute atomic E-state index is 0.164. The van der Waals surface area contributed by atoms with Crippen LogP contribution in [0.5, 0.6) is 11.5 Å². The summed E-state index contributed by atoms with van der Waals surface area (Å²) in [6.07, 6.45) is -3.51. The van der Waals surface area contributed by atoms with Crippen LogP contribution >= 0.6 is 8.17 Å². The van der Waals surface area contributed by atoms with Crippen molar-refractivity contribution in [2.24, 2.45) is 4.74 Å². The molecule has 1 saturated heterocycles. The Morgan fingerprint density at radius 3 is 2.68 bits per heavy atom. The highest BCUT2D eigenvalue weighted by Crippen LogP contribution is 2.48. The van der Waals surface area contributed by atoms with Crippen molar-refractivity contribution in [3.63, 3.8) is 0 Å². The van der Waals surface area contributed by atoms with E-state index < -0.39 is 61.9 Å². The first-order chi connectivity index (χ1) is 17.8.